The van der Waals surface area contributed by atoms with Crippen molar-refractivity contribution >= 4 is 11.8 Å². The van der Waals surface area contributed by atoms with Gasteiger partial charge in [-0.2, -0.15) is 0 Å². The maximum absolute atomic E-state index is 12.9. The van der Waals surface area contributed by atoms with Crippen molar-refractivity contribution in [2.24, 2.45) is 52.3 Å². The van der Waals surface area contributed by atoms with Gasteiger partial charge in [0.05, 0.1) is 13.0 Å². The normalized spacial score (nSPS) is 43.2. The molecule has 0 radical (unpaired) electrons. The second-order valence-electron chi connectivity index (χ2n) is 12.6. The molecular weight excluding hydrogens is 384 g/mol. The molecule has 0 aromatic rings. The van der Waals surface area contributed by atoms with Gasteiger partial charge in [0.2, 0.25) is 0 Å². The van der Waals surface area contributed by atoms with E-state index in [0.717, 1.165) is 49.9 Å². The predicted octanol–water partition coefficient (Wildman–Crippen LogP) is 6.83. The molecule has 0 aromatic carbocycles. The Morgan fingerprint density at radius 1 is 1.00 bits per heavy atom. The Kier molecular flexibility index (Phi) is 6.63. The van der Waals surface area contributed by atoms with Gasteiger partial charge < -0.3 is 4.74 Å². The second-order valence-corrected chi connectivity index (χ2v) is 12.6. The third-order valence-electron chi connectivity index (χ3n) is 10.8. The molecule has 0 amide bonds. The van der Waals surface area contributed by atoms with Crippen LogP contribution in [0, 0.1) is 52.3 Å². The Morgan fingerprint density at radius 3 is 2.45 bits per heavy atom. The molecule has 4 aliphatic rings. The molecule has 31 heavy (non-hydrogen) atoms. The van der Waals surface area contributed by atoms with Crippen molar-refractivity contribution < 1.29 is 14.3 Å². The van der Waals surface area contributed by atoms with Gasteiger partial charge >= 0.3 is 5.97 Å². The smallest absolute Gasteiger partial charge is 0.308 e. The first-order chi connectivity index (χ1) is 14.7. The fourth-order valence-electron chi connectivity index (χ4n) is 9.13. The van der Waals surface area contributed by atoms with Gasteiger partial charge in [0.25, 0.3) is 0 Å². The molecule has 0 bridgehead atoms. The first kappa shape index (κ1) is 23.3. The van der Waals surface area contributed by atoms with Crippen molar-refractivity contribution in [1.29, 1.82) is 0 Å². The van der Waals surface area contributed by atoms with Gasteiger partial charge in [-0.25, -0.2) is 0 Å². The third kappa shape index (κ3) is 4.01. The van der Waals surface area contributed by atoms with Crippen LogP contribution in [0.4, 0.5) is 0 Å². The minimum atomic E-state index is 0.0409. The number of carbonyl (C=O) groups is 2. The Labute approximate surface area is 190 Å². The molecule has 0 saturated heterocycles. The van der Waals surface area contributed by atoms with Crippen LogP contribution in [-0.2, 0) is 14.3 Å². The van der Waals surface area contributed by atoms with Gasteiger partial charge in [0.1, 0.15) is 5.78 Å². The number of rotatable bonds is 6. The van der Waals surface area contributed by atoms with Crippen LogP contribution in [0.25, 0.3) is 0 Å². The van der Waals surface area contributed by atoms with Crippen LogP contribution in [0.3, 0.4) is 0 Å². The van der Waals surface area contributed by atoms with E-state index < -0.39 is 0 Å². The molecule has 3 heteroatoms. The van der Waals surface area contributed by atoms with E-state index in [-0.39, 0.29) is 17.3 Å². The van der Waals surface area contributed by atoms with E-state index in [1.165, 1.54) is 44.9 Å². The van der Waals surface area contributed by atoms with Crippen molar-refractivity contribution in [2.45, 2.75) is 105 Å². The van der Waals surface area contributed by atoms with Gasteiger partial charge in [-0.15, -0.1) is 0 Å². The van der Waals surface area contributed by atoms with Crippen LogP contribution in [-0.4, -0.2) is 18.9 Å². The van der Waals surface area contributed by atoms with Gasteiger partial charge in [0, 0.05) is 12.8 Å². The van der Waals surface area contributed by atoms with Crippen LogP contribution >= 0.6 is 0 Å². The van der Waals surface area contributed by atoms with Crippen LogP contribution < -0.4 is 0 Å². The molecule has 0 unspecified atom stereocenters. The molecule has 176 valence electrons. The third-order valence-corrected chi connectivity index (χ3v) is 10.8. The second kappa shape index (κ2) is 8.82. The van der Waals surface area contributed by atoms with E-state index in [1.807, 2.05) is 0 Å². The number of hydrogen-bond acceptors (Lipinski definition) is 3. The number of Topliss-reactive ketones (excluding diaryl/α,β-unsaturated/α-hetero) is 1. The highest BCUT2D eigenvalue weighted by atomic mass is 16.5. The molecule has 0 aromatic heterocycles. The Morgan fingerprint density at radius 2 is 1.74 bits per heavy atom. The number of ether oxygens (including phenoxy) is 1. The number of fused-ring (bicyclic) bond motifs is 5. The predicted molar refractivity (Wildman–Crippen MR) is 124 cm³/mol. The van der Waals surface area contributed by atoms with Crippen molar-refractivity contribution in [2.75, 3.05) is 7.11 Å². The lowest BCUT2D eigenvalue weighted by Gasteiger charge is -2.60. The van der Waals surface area contributed by atoms with E-state index in [2.05, 4.69) is 27.7 Å². The maximum atomic E-state index is 12.9. The maximum Gasteiger partial charge on any atom is 0.308 e. The molecule has 0 N–H and O–H groups in total. The molecule has 0 heterocycles. The zero-order chi connectivity index (χ0) is 22.4. The lowest BCUT2D eigenvalue weighted by Crippen LogP contribution is -2.54. The standard InChI is InChI=1S/C28H46O3/c1-18(2)7-6-8-22(26(30)31-5)24-12-11-23-21-10-9-19-17-20(29)13-15-27(19,3)25(21)14-16-28(23,24)4/h18-19,21-25H,6-17H2,1-5H3/t19-,21-,22+,23-,24+,25-,27-,28-/m0/s1. The highest BCUT2D eigenvalue weighted by molar-refractivity contribution is 5.79. The lowest BCUT2D eigenvalue weighted by atomic mass is 9.44. The largest absolute Gasteiger partial charge is 0.469 e. The van der Waals surface area contributed by atoms with Crippen LogP contribution in [0.15, 0.2) is 0 Å². The molecule has 4 fully saturated rings. The molecule has 3 nitrogen and oxygen atoms in total. The lowest BCUT2D eigenvalue weighted by molar-refractivity contribution is -0.154. The Hall–Kier alpha value is -0.860. The molecule has 8 atom stereocenters. The minimum absolute atomic E-state index is 0.0409. The Balaban J connectivity index is 1.53. The minimum Gasteiger partial charge on any atom is -0.469 e. The quantitative estimate of drug-likeness (QED) is 0.434. The van der Waals surface area contributed by atoms with Crippen LogP contribution in [0.1, 0.15) is 105 Å². The summed E-state index contributed by atoms with van der Waals surface area (Å²) in [5.41, 5.74) is 0.654. The average Bonchev–Trinajstić information content (AvgIpc) is 3.08. The van der Waals surface area contributed by atoms with E-state index in [4.69, 9.17) is 4.74 Å². The average molecular weight is 431 g/mol. The SMILES string of the molecule is COC(=O)[C@H](CCCC(C)C)[C@H]1CC[C@H]2[C@@H]3CC[C@H]4CC(=O)CC[C@]4(C)[C@H]3CC[C@]12C. The van der Waals surface area contributed by atoms with Crippen LogP contribution in [0.2, 0.25) is 0 Å². The van der Waals surface area contributed by atoms with Crippen molar-refractivity contribution in [3.8, 4) is 0 Å². The fraction of sp³-hybridized carbons (Fsp3) is 0.929. The number of carbonyl (C=O) groups excluding carboxylic acids is 2. The summed E-state index contributed by atoms with van der Waals surface area (Å²) < 4.78 is 5.34. The van der Waals surface area contributed by atoms with Crippen molar-refractivity contribution in [1.82, 2.24) is 0 Å². The number of ketones is 1. The van der Waals surface area contributed by atoms with E-state index in [9.17, 15) is 9.59 Å². The first-order valence-electron chi connectivity index (χ1n) is 13.3. The number of hydrogen-bond donors (Lipinski definition) is 0. The molecule has 4 rings (SSSR count). The molecule has 0 spiro atoms. The summed E-state index contributed by atoms with van der Waals surface area (Å²) in [4.78, 5) is 25.0. The molecular formula is C28H46O3. The monoisotopic (exact) mass is 430 g/mol. The highest BCUT2D eigenvalue weighted by Crippen LogP contribution is 2.68. The van der Waals surface area contributed by atoms with Gasteiger partial charge in [-0.3, -0.25) is 9.59 Å². The summed E-state index contributed by atoms with van der Waals surface area (Å²) in [6.45, 7) is 9.61. The highest BCUT2D eigenvalue weighted by Gasteiger charge is 2.61. The van der Waals surface area contributed by atoms with E-state index in [0.29, 0.717) is 29.0 Å². The van der Waals surface area contributed by atoms with E-state index >= 15 is 0 Å². The number of esters is 1. The van der Waals surface area contributed by atoms with Gasteiger partial charge in [0.15, 0.2) is 0 Å². The van der Waals surface area contributed by atoms with Gasteiger partial charge in [-0.1, -0.05) is 40.5 Å². The zero-order valence-corrected chi connectivity index (χ0v) is 20.8. The van der Waals surface area contributed by atoms with Crippen LogP contribution in [0.5, 0.6) is 0 Å². The summed E-state index contributed by atoms with van der Waals surface area (Å²) in [6, 6.07) is 0. The van der Waals surface area contributed by atoms with Gasteiger partial charge in [-0.05, 0) is 97.7 Å². The van der Waals surface area contributed by atoms with Crippen molar-refractivity contribution in [3.05, 3.63) is 0 Å². The fourth-order valence-corrected chi connectivity index (χ4v) is 9.13. The summed E-state index contributed by atoms with van der Waals surface area (Å²) in [5, 5.41) is 0. The summed E-state index contributed by atoms with van der Waals surface area (Å²) in [6.07, 6.45) is 13.7. The molecule has 0 aliphatic heterocycles. The summed E-state index contributed by atoms with van der Waals surface area (Å²) >= 11 is 0. The number of methoxy groups -OCH3 is 1. The first-order valence-corrected chi connectivity index (χ1v) is 13.3. The Bertz CT molecular complexity index is 684. The zero-order valence-electron chi connectivity index (χ0n) is 20.8. The topological polar surface area (TPSA) is 43.4 Å². The molecule has 4 saturated carbocycles. The summed E-state index contributed by atoms with van der Waals surface area (Å²) in [7, 11) is 1.58. The van der Waals surface area contributed by atoms with Crippen molar-refractivity contribution in [3.63, 3.8) is 0 Å². The molecule has 4 aliphatic carbocycles. The summed E-state index contributed by atoms with van der Waals surface area (Å²) in [5.74, 6) is 4.76. The van der Waals surface area contributed by atoms with E-state index in [1.54, 1.807) is 7.11 Å².